The van der Waals surface area contributed by atoms with Gasteiger partial charge in [-0.1, -0.05) is 14.9 Å². The molecule has 5 N–H and O–H groups in total. The third-order valence-corrected chi connectivity index (χ3v) is 5.33. The van der Waals surface area contributed by atoms with Crippen LogP contribution < -0.4 is 5.32 Å². The van der Waals surface area contributed by atoms with E-state index >= 15 is 0 Å². The minimum absolute atomic E-state index is 0. The summed E-state index contributed by atoms with van der Waals surface area (Å²) in [7, 11) is 2.76. The molecule has 1 amide bonds. The normalized spacial score (nSPS) is 42.3. The van der Waals surface area contributed by atoms with E-state index in [9.17, 15) is 25.2 Å². The maximum absolute atomic E-state index is 11.6. The van der Waals surface area contributed by atoms with Crippen LogP contribution in [0.15, 0.2) is 0 Å². The molecule has 2 rings (SSSR count). The topological polar surface area (TPSA) is 147 Å². The zero-order valence-corrected chi connectivity index (χ0v) is 16.0. The van der Waals surface area contributed by atoms with Crippen LogP contribution in [0.1, 0.15) is 35.1 Å². The lowest BCUT2D eigenvalue weighted by molar-refractivity contribution is -0.304. The molecule has 0 aromatic heterocycles. The van der Waals surface area contributed by atoms with E-state index in [0.717, 1.165) is 0 Å². The molecule has 10 heteroatoms. The molecule has 174 valence electrons. The van der Waals surface area contributed by atoms with Crippen LogP contribution >= 0.6 is 0 Å². The fourth-order valence-electron chi connectivity index (χ4n) is 3.89. The fourth-order valence-corrected chi connectivity index (χ4v) is 3.89. The summed E-state index contributed by atoms with van der Waals surface area (Å²) in [6, 6.07) is -0.706. The molecule has 0 radical (unpaired) electrons. The van der Waals surface area contributed by atoms with Crippen LogP contribution in [0.4, 0.5) is 0 Å². The summed E-state index contributed by atoms with van der Waals surface area (Å²) in [6.07, 6.45) is -7.34. The van der Waals surface area contributed by atoms with Gasteiger partial charge in [-0.05, 0) is 13.3 Å². The van der Waals surface area contributed by atoms with Crippen molar-refractivity contribution < 1.29 is 44.2 Å². The van der Waals surface area contributed by atoms with Gasteiger partial charge in [0.1, 0.15) is 24.4 Å². The maximum atomic E-state index is 11.6. The first kappa shape index (κ1) is 28.1. The van der Waals surface area contributed by atoms with Gasteiger partial charge in [0.2, 0.25) is 5.91 Å². The second kappa shape index (κ2) is 12.1. The SMILES string of the molecule is C.C.COC1OC(C)C(OC2CC(CO)C(O)C(OC)C2NC(C)=O)C(O)C1O. The molecule has 1 heterocycles. The number of rotatable bonds is 6. The summed E-state index contributed by atoms with van der Waals surface area (Å²) in [4.78, 5) is 11.6. The highest BCUT2D eigenvalue weighted by molar-refractivity contribution is 5.73. The lowest BCUT2D eigenvalue weighted by Gasteiger charge is -2.47. The highest BCUT2D eigenvalue weighted by Crippen LogP contribution is 2.33. The zero-order chi connectivity index (χ0) is 20.3. The molecule has 1 aliphatic carbocycles. The van der Waals surface area contributed by atoms with Gasteiger partial charge in [-0.25, -0.2) is 0 Å². The van der Waals surface area contributed by atoms with Gasteiger partial charge in [-0.15, -0.1) is 0 Å². The summed E-state index contributed by atoms with van der Waals surface area (Å²) in [5.74, 6) is -0.864. The first-order valence-electron chi connectivity index (χ1n) is 9.03. The summed E-state index contributed by atoms with van der Waals surface area (Å²) in [6.45, 7) is 2.72. The monoisotopic (exact) mass is 425 g/mol. The van der Waals surface area contributed by atoms with E-state index in [0.29, 0.717) is 0 Å². The van der Waals surface area contributed by atoms with Crippen LogP contribution in [0.3, 0.4) is 0 Å². The maximum Gasteiger partial charge on any atom is 0.217 e. The van der Waals surface area contributed by atoms with Gasteiger partial charge >= 0.3 is 0 Å². The lowest BCUT2D eigenvalue weighted by Crippen LogP contribution is -2.65. The van der Waals surface area contributed by atoms with Crippen molar-refractivity contribution in [1.29, 1.82) is 0 Å². The standard InChI is InChI=1S/C17H31NO9.2CH4/c1-7-15(13(22)14(23)17(25-4)26-7)27-10-5-9(6-19)12(21)16(24-3)11(10)18-8(2)20;;/h7,9-17,19,21-23H,5-6H2,1-4H3,(H,18,20);2*1H4. The number of aliphatic hydroxyl groups excluding tert-OH is 4. The van der Waals surface area contributed by atoms with Crippen molar-refractivity contribution in [2.45, 2.75) is 90.2 Å². The Morgan fingerprint density at radius 3 is 2.17 bits per heavy atom. The summed E-state index contributed by atoms with van der Waals surface area (Å²) >= 11 is 0. The molecule has 1 saturated heterocycles. The van der Waals surface area contributed by atoms with Gasteiger partial charge in [-0.3, -0.25) is 4.79 Å². The van der Waals surface area contributed by atoms with Crippen molar-refractivity contribution in [3.8, 4) is 0 Å². The fraction of sp³-hybridized carbons (Fsp3) is 0.947. The Balaban J connectivity index is 0.00000392. The largest absolute Gasteiger partial charge is 0.396 e. The zero-order valence-electron chi connectivity index (χ0n) is 16.0. The number of carbonyl (C=O) groups excluding carboxylic acids is 1. The second-order valence-corrected chi connectivity index (χ2v) is 7.16. The van der Waals surface area contributed by atoms with E-state index in [1.807, 2.05) is 0 Å². The van der Waals surface area contributed by atoms with Crippen LogP contribution in [-0.2, 0) is 23.7 Å². The molecule has 1 aliphatic heterocycles. The van der Waals surface area contributed by atoms with Crippen molar-refractivity contribution in [3.05, 3.63) is 0 Å². The van der Waals surface area contributed by atoms with Gasteiger partial charge in [0.15, 0.2) is 6.29 Å². The van der Waals surface area contributed by atoms with Crippen molar-refractivity contribution >= 4 is 5.91 Å². The van der Waals surface area contributed by atoms with Crippen molar-refractivity contribution in [2.75, 3.05) is 20.8 Å². The Kier molecular flexibility index (Phi) is 11.8. The highest BCUT2D eigenvalue weighted by Gasteiger charge is 2.50. The van der Waals surface area contributed by atoms with E-state index < -0.39 is 61.0 Å². The Morgan fingerprint density at radius 1 is 1.07 bits per heavy atom. The molecule has 0 aromatic rings. The number of nitrogens with one attached hydrogen (secondary N) is 1. The second-order valence-electron chi connectivity index (χ2n) is 7.16. The van der Waals surface area contributed by atoms with E-state index in [-0.39, 0.29) is 33.8 Å². The van der Waals surface area contributed by atoms with Crippen LogP contribution in [0, 0.1) is 5.92 Å². The third-order valence-electron chi connectivity index (χ3n) is 5.33. The third kappa shape index (κ3) is 6.08. The number of hydrogen-bond acceptors (Lipinski definition) is 9. The molecule has 2 fully saturated rings. The van der Waals surface area contributed by atoms with Crippen molar-refractivity contribution in [1.82, 2.24) is 5.32 Å². The smallest absolute Gasteiger partial charge is 0.217 e. The van der Waals surface area contributed by atoms with Crippen LogP contribution in [0.2, 0.25) is 0 Å². The number of hydrogen-bond donors (Lipinski definition) is 5. The number of methoxy groups -OCH3 is 2. The predicted molar refractivity (Wildman–Crippen MR) is 105 cm³/mol. The number of aliphatic hydroxyl groups is 4. The van der Waals surface area contributed by atoms with Crippen LogP contribution in [-0.4, -0.2) is 102 Å². The van der Waals surface area contributed by atoms with E-state index in [1.165, 1.54) is 21.1 Å². The molecule has 0 spiro atoms. The molecule has 0 bridgehead atoms. The summed E-state index contributed by atoms with van der Waals surface area (Å²) in [5, 5.41) is 43.3. The van der Waals surface area contributed by atoms with E-state index in [2.05, 4.69) is 5.32 Å². The molecule has 0 aromatic carbocycles. The van der Waals surface area contributed by atoms with Gasteiger partial charge < -0.3 is 44.7 Å². The molecule has 10 nitrogen and oxygen atoms in total. The molecule has 29 heavy (non-hydrogen) atoms. The molecular formula is C19H39NO9. The first-order chi connectivity index (χ1) is 12.7. The lowest BCUT2D eigenvalue weighted by atomic mass is 9.79. The minimum Gasteiger partial charge on any atom is -0.396 e. The van der Waals surface area contributed by atoms with E-state index in [1.54, 1.807) is 6.92 Å². The van der Waals surface area contributed by atoms with Crippen molar-refractivity contribution in [3.63, 3.8) is 0 Å². The Bertz CT molecular complexity index is 494. The number of carbonyl (C=O) groups is 1. The molecule has 1 saturated carbocycles. The van der Waals surface area contributed by atoms with Gasteiger partial charge in [-0.2, -0.15) is 0 Å². The molecule has 10 atom stereocenters. The summed E-state index contributed by atoms with van der Waals surface area (Å²) in [5.41, 5.74) is 0. The molecule has 10 unspecified atom stereocenters. The Labute approximate surface area is 173 Å². The average molecular weight is 426 g/mol. The van der Waals surface area contributed by atoms with Crippen molar-refractivity contribution in [2.24, 2.45) is 5.92 Å². The highest BCUT2D eigenvalue weighted by atomic mass is 16.7. The quantitative estimate of drug-likeness (QED) is 0.362. The van der Waals surface area contributed by atoms with Crippen LogP contribution in [0.5, 0.6) is 0 Å². The van der Waals surface area contributed by atoms with Gasteiger partial charge in [0.05, 0.1) is 24.4 Å². The summed E-state index contributed by atoms with van der Waals surface area (Å²) < 4.78 is 21.9. The van der Waals surface area contributed by atoms with E-state index in [4.69, 9.17) is 18.9 Å². The molecule has 2 aliphatic rings. The predicted octanol–water partition coefficient (Wildman–Crippen LogP) is -0.982. The average Bonchev–Trinajstić information content (AvgIpc) is 2.63. The first-order valence-corrected chi connectivity index (χ1v) is 9.03. The molecular weight excluding hydrogens is 386 g/mol. The number of ether oxygens (including phenoxy) is 4. The Morgan fingerprint density at radius 2 is 1.69 bits per heavy atom. The van der Waals surface area contributed by atoms with Crippen LogP contribution in [0.25, 0.3) is 0 Å². The van der Waals surface area contributed by atoms with Gasteiger partial charge in [0, 0.05) is 33.7 Å². The Hall–Kier alpha value is -0.850. The minimum atomic E-state index is -1.31. The number of amides is 1. The van der Waals surface area contributed by atoms with Gasteiger partial charge in [0.25, 0.3) is 0 Å².